The molecule has 8 heteroatoms. The van der Waals surface area contributed by atoms with Crippen LogP contribution in [0.3, 0.4) is 0 Å². The summed E-state index contributed by atoms with van der Waals surface area (Å²) in [5, 5.41) is 6.54. The zero-order valence-electron chi connectivity index (χ0n) is 18.6. The lowest BCUT2D eigenvalue weighted by Gasteiger charge is -2.25. The third kappa shape index (κ3) is 5.16. The van der Waals surface area contributed by atoms with Crippen molar-refractivity contribution in [1.82, 2.24) is 10.3 Å². The second-order valence-corrected chi connectivity index (χ2v) is 9.04. The third-order valence-electron chi connectivity index (χ3n) is 5.19. The third-order valence-corrected chi connectivity index (χ3v) is 5.19. The maximum absolute atomic E-state index is 13.8. The lowest BCUT2D eigenvalue weighted by atomic mass is 9.91. The maximum atomic E-state index is 13.8. The zero-order chi connectivity index (χ0) is 23.8. The number of hydrogen-bond acceptors (Lipinski definition) is 5. The first-order chi connectivity index (χ1) is 15.6. The van der Waals surface area contributed by atoms with Crippen molar-refractivity contribution in [3.8, 4) is 11.1 Å². The largest absolute Gasteiger partial charge is 0.444 e. The summed E-state index contributed by atoms with van der Waals surface area (Å²) in [6, 6.07) is 11.2. The Balaban J connectivity index is 1.75. The summed E-state index contributed by atoms with van der Waals surface area (Å²) in [5.74, 6) is -0.402. The van der Waals surface area contributed by atoms with E-state index in [-0.39, 0.29) is 29.4 Å². The van der Waals surface area contributed by atoms with Gasteiger partial charge in [-0.15, -0.1) is 0 Å². The highest BCUT2D eigenvalue weighted by Crippen LogP contribution is 2.31. The number of hydrogen-bond donors (Lipinski definition) is 2. The number of amides is 2. The van der Waals surface area contributed by atoms with Gasteiger partial charge in [0.2, 0.25) is 0 Å². The molecule has 1 aliphatic carbocycles. The second kappa shape index (κ2) is 8.61. The molecule has 2 aromatic carbocycles. The number of anilines is 1. The van der Waals surface area contributed by atoms with Gasteiger partial charge in [0, 0.05) is 30.5 Å². The summed E-state index contributed by atoms with van der Waals surface area (Å²) in [6.45, 7) is 5.25. The molecule has 1 aliphatic rings. The van der Waals surface area contributed by atoms with Crippen LogP contribution >= 0.6 is 0 Å². The van der Waals surface area contributed by atoms with Gasteiger partial charge in [-0.1, -0.05) is 24.3 Å². The van der Waals surface area contributed by atoms with Crippen LogP contribution in [0.5, 0.6) is 0 Å². The van der Waals surface area contributed by atoms with Crippen molar-refractivity contribution in [3.63, 3.8) is 0 Å². The van der Waals surface area contributed by atoms with Crippen LogP contribution in [0.2, 0.25) is 0 Å². The SMILES string of the molecule is CC(C)(C)OC(=O)Nc1ncc(C(=O)NC2CC(=O)C2)c2ccc(-c3cccc(F)c3)cc12. The van der Waals surface area contributed by atoms with E-state index in [4.69, 9.17) is 4.74 Å². The van der Waals surface area contributed by atoms with E-state index in [9.17, 15) is 18.8 Å². The predicted octanol–water partition coefficient (Wildman–Crippen LogP) is 4.85. The summed E-state index contributed by atoms with van der Waals surface area (Å²) in [7, 11) is 0. The smallest absolute Gasteiger partial charge is 0.413 e. The van der Waals surface area contributed by atoms with Gasteiger partial charge in [-0.25, -0.2) is 14.2 Å². The topological polar surface area (TPSA) is 97.4 Å². The Morgan fingerprint density at radius 2 is 1.79 bits per heavy atom. The van der Waals surface area contributed by atoms with Gasteiger partial charge in [0.25, 0.3) is 5.91 Å². The van der Waals surface area contributed by atoms with Gasteiger partial charge in [-0.05, 0) is 55.5 Å². The number of ketones is 1. The van der Waals surface area contributed by atoms with Crippen LogP contribution in [0.1, 0.15) is 44.0 Å². The minimum absolute atomic E-state index is 0.111. The molecule has 0 saturated heterocycles. The molecule has 3 aromatic rings. The molecule has 33 heavy (non-hydrogen) atoms. The molecular formula is C25H24FN3O4. The van der Waals surface area contributed by atoms with Crippen LogP contribution < -0.4 is 10.6 Å². The van der Waals surface area contributed by atoms with Crippen LogP contribution in [0.15, 0.2) is 48.7 Å². The normalized spacial score (nSPS) is 14.0. The minimum Gasteiger partial charge on any atom is -0.444 e. The first kappa shape index (κ1) is 22.4. The number of benzene rings is 2. The molecule has 1 heterocycles. The Morgan fingerprint density at radius 3 is 2.45 bits per heavy atom. The first-order valence-corrected chi connectivity index (χ1v) is 10.6. The summed E-state index contributed by atoms with van der Waals surface area (Å²) in [4.78, 5) is 40.8. The van der Waals surface area contributed by atoms with Crippen LogP contribution in [0.4, 0.5) is 15.0 Å². The number of rotatable bonds is 4. The molecule has 0 bridgehead atoms. The molecule has 4 rings (SSSR count). The monoisotopic (exact) mass is 449 g/mol. The molecule has 170 valence electrons. The number of aromatic nitrogens is 1. The van der Waals surface area contributed by atoms with Crippen LogP contribution in [-0.2, 0) is 9.53 Å². The summed E-state index contributed by atoms with van der Waals surface area (Å²) < 4.78 is 19.1. The number of fused-ring (bicyclic) bond motifs is 1. The molecule has 0 atom stereocenters. The Morgan fingerprint density at radius 1 is 1.06 bits per heavy atom. The van der Waals surface area contributed by atoms with E-state index in [0.29, 0.717) is 40.3 Å². The molecule has 1 saturated carbocycles. The van der Waals surface area contributed by atoms with Gasteiger partial charge < -0.3 is 10.1 Å². The predicted molar refractivity (Wildman–Crippen MR) is 122 cm³/mol. The average molecular weight is 449 g/mol. The highest BCUT2D eigenvalue weighted by molar-refractivity contribution is 6.11. The highest BCUT2D eigenvalue weighted by Gasteiger charge is 2.29. The summed E-state index contributed by atoms with van der Waals surface area (Å²) in [5.41, 5.74) is 0.943. The van der Waals surface area contributed by atoms with Gasteiger partial charge in [0.05, 0.1) is 5.56 Å². The highest BCUT2D eigenvalue weighted by atomic mass is 19.1. The Hall–Kier alpha value is -3.81. The second-order valence-electron chi connectivity index (χ2n) is 9.04. The Bertz CT molecular complexity index is 1260. The fraction of sp³-hybridized carbons (Fsp3) is 0.280. The number of Topliss-reactive ketones (excluding diaryl/α,β-unsaturated/α-hetero) is 1. The zero-order valence-corrected chi connectivity index (χ0v) is 18.6. The molecular weight excluding hydrogens is 425 g/mol. The standard InChI is InChI=1S/C25H24FN3O4/c1-25(2,3)33-24(32)29-22-20-10-15(14-5-4-6-16(26)9-14)7-8-19(20)21(13-27-22)23(31)28-17-11-18(30)12-17/h4-10,13,17H,11-12H2,1-3H3,(H,28,31)(H,27,29,32). The maximum Gasteiger partial charge on any atom is 0.413 e. The van der Waals surface area contributed by atoms with Gasteiger partial charge in [0.1, 0.15) is 23.0 Å². The van der Waals surface area contributed by atoms with Crippen LogP contribution in [0, 0.1) is 5.82 Å². The first-order valence-electron chi connectivity index (χ1n) is 10.6. The van der Waals surface area contributed by atoms with E-state index in [0.717, 1.165) is 0 Å². The van der Waals surface area contributed by atoms with E-state index in [1.54, 1.807) is 51.1 Å². The number of pyridine rings is 1. The van der Waals surface area contributed by atoms with Crippen molar-refractivity contribution in [2.75, 3.05) is 5.32 Å². The van der Waals surface area contributed by atoms with Crippen LogP contribution in [0.25, 0.3) is 21.9 Å². The van der Waals surface area contributed by atoms with Gasteiger partial charge in [0.15, 0.2) is 0 Å². The van der Waals surface area contributed by atoms with E-state index >= 15 is 0 Å². The van der Waals surface area contributed by atoms with Crippen LogP contribution in [-0.4, -0.2) is 34.4 Å². The number of ether oxygens (including phenoxy) is 1. The number of carbonyl (C=O) groups excluding carboxylic acids is 3. The minimum atomic E-state index is -0.702. The van der Waals surface area contributed by atoms with Crippen molar-refractivity contribution in [2.24, 2.45) is 0 Å². The van der Waals surface area contributed by atoms with Crippen molar-refractivity contribution in [3.05, 3.63) is 60.0 Å². The number of carbonyl (C=O) groups is 3. The molecule has 7 nitrogen and oxygen atoms in total. The van der Waals surface area contributed by atoms with E-state index in [1.807, 2.05) is 0 Å². The lowest BCUT2D eigenvalue weighted by Crippen LogP contribution is -2.44. The number of nitrogens with zero attached hydrogens (tertiary/aromatic N) is 1. The average Bonchev–Trinajstić information content (AvgIpc) is 2.71. The van der Waals surface area contributed by atoms with Gasteiger partial charge in [-0.3, -0.25) is 14.9 Å². The van der Waals surface area contributed by atoms with Crippen molar-refractivity contribution < 1.29 is 23.5 Å². The lowest BCUT2D eigenvalue weighted by molar-refractivity contribution is -0.124. The summed E-state index contributed by atoms with van der Waals surface area (Å²) in [6.07, 6.45) is 1.34. The van der Waals surface area contributed by atoms with Crippen molar-refractivity contribution in [2.45, 2.75) is 45.3 Å². The molecule has 2 N–H and O–H groups in total. The Kier molecular flexibility index (Phi) is 5.84. The quantitative estimate of drug-likeness (QED) is 0.594. The van der Waals surface area contributed by atoms with E-state index in [1.165, 1.54) is 18.3 Å². The van der Waals surface area contributed by atoms with Crippen molar-refractivity contribution >= 4 is 34.4 Å². The fourth-order valence-corrected chi connectivity index (χ4v) is 3.63. The molecule has 1 fully saturated rings. The molecule has 1 aromatic heterocycles. The van der Waals surface area contributed by atoms with E-state index in [2.05, 4.69) is 15.6 Å². The molecule has 2 amide bonds. The molecule has 0 radical (unpaired) electrons. The van der Waals surface area contributed by atoms with Gasteiger partial charge in [-0.2, -0.15) is 0 Å². The molecule has 0 unspecified atom stereocenters. The molecule has 0 spiro atoms. The fourth-order valence-electron chi connectivity index (χ4n) is 3.63. The van der Waals surface area contributed by atoms with Crippen molar-refractivity contribution in [1.29, 1.82) is 0 Å². The number of nitrogens with one attached hydrogen (secondary N) is 2. The molecule has 0 aliphatic heterocycles. The van der Waals surface area contributed by atoms with Gasteiger partial charge >= 0.3 is 6.09 Å². The van der Waals surface area contributed by atoms with E-state index < -0.39 is 11.7 Å². The Labute approximate surface area is 190 Å². The summed E-state index contributed by atoms with van der Waals surface area (Å²) >= 11 is 0. The number of halogens is 1.